The van der Waals surface area contributed by atoms with Crippen molar-refractivity contribution in [3.05, 3.63) is 64.0 Å². The number of morpholine rings is 1. The van der Waals surface area contributed by atoms with Crippen molar-refractivity contribution in [3.63, 3.8) is 0 Å². The molecule has 176 valence electrons. The molecule has 2 heterocycles. The fraction of sp³-hybridized carbons (Fsp3) is 0.423. The molecule has 1 saturated heterocycles. The van der Waals surface area contributed by atoms with E-state index in [0.29, 0.717) is 29.0 Å². The second-order valence-corrected chi connectivity index (χ2v) is 8.95. The molecule has 0 saturated carbocycles. The molecule has 0 spiro atoms. The summed E-state index contributed by atoms with van der Waals surface area (Å²) in [7, 11) is 0. The standard InChI is InChI=1S/C26H31NO6/c1-16-7-17(2)9-22(8-16)33-25-15-31-24-10-21(5-6-23(24)26(25)29)30-14-20(28)13-27-11-18(3)32-19(4)12-27/h5-10,15,18-20,28H,11-14H2,1-4H3/t18-,19-,20+/m0/s1. The van der Waals surface area contributed by atoms with Crippen LogP contribution >= 0.6 is 0 Å². The Labute approximate surface area is 193 Å². The molecule has 7 nitrogen and oxygen atoms in total. The third-order valence-electron chi connectivity index (χ3n) is 5.54. The largest absolute Gasteiger partial charge is 0.491 e. The van der Waals surface area contributed by atoms with Gasteiger partial charge in [0.25, 0.3) is 0 Å². The summed E-state index contributed by atoms with van der Waals surface area (Å²) in [5.41, 5.74) is 2.25. The van der Waals surface area contributed by atoms with Crippen molar-refractivity contribution in [2.45, 2.75) is 46.0 Å². The van der Waals surface area contributed by atoms with Crippen LogP contribution in [0, 0.1) is 13.8 Å². The summed E-state index contributed by atoms with van der Waals surface area (Å²) in [6.07, 6.45) is 0.976. The number of aliphatic hydroxyl groups excluding tert-OH is 1. The number of benzene rings is 2. The molecule has 1 aliphatic heterocycles. The molecule has 1 aliphatic rings. The van der Waals surface area contributed by atoms with Gasteiger partial charge in [-0.1, -0.05) is 6.07 Å². The zero-order valence-corrected chi connectivity index (χ0v) is 19.5. The Hall–Kier alpha value is -2.87. The van der Waals surface area contributed by atoms with Crippen molar-refractivity contribution in [2.24, 2.45) is 0 Å². The first-order valence-electron chi connectivity index (χ1n) is 11.3. The predicted molar refractivity (Wildman–Crippen MR) is 126 cm³/mol. The first-order chi connectivity index (χ1) is 15.8. The van der Waals surface area contributed by atoms with Crippen molar-refractivity contribution in [1.82, 2.24) is 4.90 Å². The molecule has 4 rings (SSSR count). The van der Waals surface area contributed by atoms with E-state index in [1.165, 1.54) is 6.26 Å². The molecule has 0 bridgehead atoms. The van der Waals surface area contributed by atoms with Crippen LogP contribution in [0.15, 0.2) is 51.9 Å². The Balaban J connectivity index is 1.41. The SMILES string of the molecule is Cc1cc(C)cc(Oc2coc3cc(OC[C@H](O)CN4C[C@H](C)O[C@@H](C)C4)ccc3c2=O)c1. The summed E-state index contributed by atoms with van der Waals surface area (Å²) >= 11 is 0. The molecule has 0 amide bonds. The van der Waals surface area contributed by atoms with E-state index in [4.69, 9.17) is 18.6 Å². The summed E-state index contributed by atoms with van der Waals surface area (Å²) in [6, 6.07) is 10.8. The highest BCUT2D eigenvalue weighted by Gasteiger charge is 2.24. The first kappa shape index (κ1) is 23.3. The molecule has 3 atom stereocenters. The molecule has 1 N–H and O–H groups in total. The van der Waals surface area contributed by atoms with Gasteiger partial charge in [-0.25, -0.2) is 0 Å². The van der Waals surface area contributed by atoms with Gasteiger partial charge in [-0.05, 0) is 63.1 Å². The summed E-state index contributed by atoms with van der Waals surface area (Å²) in [5, 5.41) is 10.8. The van der Waals surface area contributed by atoms with Gasteiger partial charge >= 0.3 is 0 Å². The van der Waals surface area contributed by atoms with Crippen LogP contribution < -0.4 is 14.9 Å². The first-order valence-corrected chi connectivity index (χ1v) is 11.3. The Morgan fingerprint density at radius 3 is 2.45 bits per heavy atom. The molecule has 3 aromatic rings. The lowest BCUT2D eigenvalue weighted by Gasteiger charge is -2.36. The molecule has 0 unspecified atom stereocenters. The second kappa shape index (κ2) is 9.95. The van der Waals surface area contributed by atoms with Gasteiger partial charge in [0, 0.05) is 25.7 Å². The number of nitrogens with zero attached hydrogens (tertiary/aromatic N) is 1. The minimum absolute atomic E-state index is 0.130. The van der Waals surface area contributed by atoms with Crippen LogP contribution in [-0.4, -0.2) is 54.6 Å². The summed E-state index contributed by atoms with van der Waals surface area (Å²) in [6.45, 7) is 10.2. The fourth-order valence-electron chi connectivity index (χ4n) is 4.35. The van der Waals surface area contributed by atoms with Gasteiger partial charge in [-0.3, -0.25) is 9.69 Å². The third kappa shape index (κ3) is 5.93. The summed E-state index contributed by atoms with van der Waals surface area (Å²) in [4.78, 5) is 15.1. The Morgan fingerprint density at radius 2 is 1.76 bits per heavy atom. The minimum atomic E-state index is -0.640. The number of aryl methyl sites for hydroxylation is 2. The van der Waals surface area contributed by atoms with Crippen LogP contribution in [0.2, 0.25) is 0 Å². The van der Waals surface area contributed by atoms with E-state index in [9.17, 15) is 9.90 Å². The van der Waals surface area contributed by atoms with Crippen molar-refractivity contribution in [2.75, 3.05) is 26.2 Å². The Morgan fingerprint density at radius 1 is 1.06 bits per heavy atom. The van der Waals surface area contributed by atoms with Gasteiger partial charge in [0.15, 0.2) is 0 Å². The number of β-amino-alcohol motifs (C(OH)–C–C–N with tert-alkyl or cyclic N) is 1. The van der Waals surface area contributed by atoms with Crippen LogP contribution in [0.4, 0.5) is 0 Å². The van der Waals surface area contributed by atoms with Gasteiger partial charge in [-0.2, -0.15) is 0 Å². The molecule has 33 heavy (non-hydrogen) atoms. The highest BCUT2D eigenvalue weighted by molar-refractivity contribution is 5.79. The Kier molecular flexibility index (Phi) is 7.02. The maximum Gasteiger partial charge on any atom is 0.235 e. The number of hydrogen-bond acceptors (Lipinski definition) is 7. The van der Waals surface area contributed by atoms with Crippen LogP contribution in [0.5, 0.6) is 17.2 Å². The fourth-order valence-corrected chi connectivity index (χ4v) is 4.35. The highest BCUT2D eigenvalue weighted by Crippen LogP contribution is 2.25. The average Bonchev–Trinajstić information content (AvgIpc) is 2.73. The monoisotopic (exact) mass is 453 g/mol. The second-order valence-electron chi connectivity index (χ2n) is 8.95. The molecule has 0 radical (unpaired) electrons. The topological polar surface area (TPSA) is 81.4 Å². The quantitative estimate of drug-likeness (QED) is 0.578. The smallest absolute Gasteiger partial charge is 0.235 e. The lowest BCUT2D eigenvalue weighted by atomic mass is 10.1. The zero-order chi connectivity index (χ0) is 23.5. The van der Waals surface area contributed by atoms with Crippen LogP contribution in [0.25, 0.3) is 11.0 Å². The van der Waals surface area contributed by atoms with E-state index < -0.39 is 6.10 Å². The average molecular weight is 454 g/mol. The van der Waals surface area contributed by atoms with Gasteiger partial charge < -0.3 is 23.7 Å². The predicted octanol–water partition coefficient (Wildman–Crippen LogP) is 4.05. The lowest BCUT2D eigenvalue weighted by molar-refractivity contribution is -0.0786. The number of aliphatic hydroxyl groups is 1. The molecule has 0 aliphatic carbocycles. The van der Waals surface area contributed by atoms with Gasteiger partial charge in [0.1, 0.15) is 36.1 Å². The van der Waals surface area contributed by atoms with Crippen molar-refractivity contribution in [3.8, 4) is 17.2 Å². The normalized spacial score (nSPS) is 20.0. The van der Waals surface area contributed by atoms with Crippen molar-refractivity contribution in [1.29, 1.82) is 0 Å². The third-order valence-corrected chi connectivity index (χ3v) is 5.54. The molecule has 2 aromatic carbocycles. The van der Waals surface area contributed by atoms with Gasteiger partial charge in [0.2, 0.25) is 11.2 Å². The van der Waals surface area contributed by atoms with E-state index in [-0.39, 0.29) is 30.0 Å². The molecular weight excluding hydrogens is 422 g/mol. The molecule has 1 aromatic heterocycles. The number of fused-ring (bicyclic) bond motifs is 1. The lowest BCUT2D eigenvalue weighted by Crippen LogP contribution is -2.48. The highest BCUT2D eigenvalue weighted by atomic mass is 16.5. The van der Waals surface area contributed by atoms with Crippen molar-refractivity contribution < 1.29 is 23.7 Å². The maximum atomic E-state index is 12.9. The van der Waals surface area contributed by atoms with Crippen LogP contribution in [0.1, 0.15) is 25.0 Å². The van der Waals surface area contributed by atoms with Crippen molar-refractivity contribution >= 4 is 11.0 Å². The van der Waals surface area contributed by atoms with E-state index in [0.717, 1.165) is 24.2 Å². The minimum Gasteiger partial charge on any atom is -0.491 e. The molecule has 7 heteroatoms. The zero-order valence-electron chi connectivity index (χ0n) is 19.5. The van der Waals surface area contributed by atoms with Gasteiger partial charge in [0.05, 0.1) is 17.6 Å². The van der Waals surface area contributed by atoms with E-state index >= 15 is 0 Å². The summed E-state index contributed by atoms with van der Waals surface area (Å²) < 4.78 is 22.9. The van der Waals surface area contributed by atoms with Crippen LogP contribution in [0.3, 0.4) is 0 Å². The molecule has 1 fully saturated rings. The number of ether oxygens (including phenoxy) is 3. The maximum absolute atomic E-state index is 12.9. The van der Waals surface area contributed by atoms with Gasteiger partial charge in [-0.15, -0.1) is 0 Å². The Bertz CT molecular complexity index is 1140. The van der Waals surface area contributed by atoms with Crippen LogP contribution in [-0.2, 0) is 4.74 Å². The summed E-state index contributed by atoms with van der Waals surface area (Å²) in [5.74, 6) is 1.25. The number of rotatable bonds is 7. The van der Waals surface area contributed by atoms with E-state index in [1.54, 1.807) is 18.2 Å². The van der Waals surface area contributed by atoms with E-state index in [2.05, 4.69) is 4.90 Å². The molecular formula is C26H31NO6. The van der Waals surface area contributed by atoms with E-state index in [1.807, 2.05) is 45.9 Å². The number of hydrogen-bond donors (Lipinski definition) is 1.